The fourth-order valence-corrected chi connectivity index (χ4v) is 2.68. The van der Waals surface area contributed by atoms with E-state index < -0.39 is 0 Å². The first-order chi connectivity index (χ1) is 6.35. The second-order valence-electron chi connectivity index (χ2n) is 4.06. The van der Waals surface area contributed by atoms with E-state index in [0.29, 0.717) is 5.41 Å². The normalized spacial score (nSPS) is 30.2. The smallest absolute Gasteiger partial charge is 0.0105 e. The number of hydrogen-bond donors (Lipinski definition) is 2. The van der Waals surface area contributed by atoms with Gasteiger partial charge < -0.3 is 5.32 Å². The van der Waals surface area contributed by atoms with Crippen LogP contribution in [0.1, 0.15) is 39.5 Å². The molecule has 1 saturated carbocycles. The SMILES string of the molecule is CC.PNC1CCCC2(CNC2)C1. The number of hydrogen-bond acceptors (Lipinski definition) is 2. The van der Waals surface area contributed by atoms with Crippen LogP contribution in [0.2, 0.25) is 0 Å². The minimum absolute atomic E-state index is 0.687. The highest BCUT2D eigenvalue weighted by Crippen LogP contribution is 2.39. The molecule has 1 saturated heterocycles. The van der Waals surface area contributed by atoms with Crippen LogP contribution in [0.25, 0.3) is 0 Å². The summed E-state index contributed by atoms with van der Waals surface area (Å²) in [5, 5.41) is 6.70. The lowest BCUT2D eigenvalue weighted by Gasteiger charge is -2.48. The van der Waals surface area contributed by atoms with Gasteiger partial charge in [-0.05, 0) is 24.7 Å². The first kappa shape index (κ1) is 11.4. The standard InChI is InChI=1S/C8H17N2P.C2H6/c11-10-7-2-1-3-8(4-7)5-9-6-8;1-2/h7,9-10H,1-6,11H2;1-2H3. The summed E-state index contributed by atoms with van der Waals surface area (Å²) in [5.41, 5.74) is 0.687. The molecule has 1 aliphatic carbocycles. The van der Waals surface area contributed by atoms with E-state index in [1.807, 2.05) is 13.8 Å². The van der Waals surface area contributed by atoms with Crippen LogP contribution in [-0.2, 0) is 0 Å². The molecule has 0 radical (unpaired) electrons. The van der Waals surface area contributed by atoms with E-state index in [1.165, 1.54) is 38.8 Å². The largest absolute Gasteiger partial charge is 0.316 e. The highest BCUT2D eigenvalue weighted by atomic mass is 31.0. The molecule has 2 nitrogen and oxygen atoms in total. The summed E-state index contributed by atoms with van der Waals surface area (Å²) in [6, 6.07) is 0.760. The van der Waals surface area contributed by atoms with Crippen molar-refractivity contribution in [3.63, 3.8) is 0 Å². The number of rotatable bonds is 1. The average molecular weight is 202 g/mol. The molecule has 2 aliphatic rings. The van der Waals surface area contributed by atoms with Gasteiger partial charge in [0.1, 0.15) is 0 Å². The lowest BCUT2D eigenvalue weighted by atomic mass is 9.68. The second-order valence-corrected chi connectivity index (χ2v) is 4.40. The van der Waals surface area contributed by atoms with Gasteiger partial charge in [0, 0.05) is 19.1 Å². The van der Waals surface area contributed by atoms with Crippen molar-refractivity contribution in [3.8, 4) is 0 Å². The van der Waals surface area contributed by atoms with Crippen molar-refractivity contribution in [2.24, 2.45) is 5.41 Å². The third-order valence-electron chi connectivity index (χ3n) is 3.17. The molecule has 0 amide bonds. The fourth-order valence-electron chi connectivity index (χ4n) is 2.39. The van der Waals surface area contributed by atoms with Crippen molar-refractivity contribution in [3.05, 3.63) is 0 Å². The molecule has 2 rings (SSSR count). The average Bonchev–Trinajstić information content (AvgIpc) is 2.19. The van der Waals surface area contributed by atoms with Crippen molar-refractivity contribution in [1.82, 2.24) is 10.4 Å². The maximum Gasteiger partial charge on any atom is 0.0105 e. The lowest BCUT2D eigenvalue weighted by molar-refractivity contribution is 0.0918. The topological polar surface area (TPSA) is 24.1 Å². The molecule has 2 fully saturated rings. The molecule has 2 atom stereocenters. The van der Waals surface area contributed by atoms with Gasteiger partial charge in [0.15, 0.2) is 0 Å². The summed E-state index contributed by atoms with van der Waals surface area (Å²) in [7, 11) is 2.65. The van der Waals surface area contributed by atoms with Crippen molar-refractivity contribution in [2.45, 2.75) is 45.6 Å². The molecular weight excluding hydrogens is 179 g/mol. The zero-order valence-corrected chi connectivity index (χ0v) is 10.1. The number of nitrogens with one attached hydrogen (secondary N) is 2. The molecule has 0 bridgehead atoms. The maximum absolute atomic E-state index is 3.38. The van der Waals surface area contributed by atoms with Crippen LogP contribution >= 0.6 is 9.39 Å². The minimum Gasteiger partial charge on any atom is -0.316 e. The molecule has 0 aromatic heterocycles. The van der Waals surface area contributed by atoms with Gasteiger partial charge in [-0.3, -0.25) is 5.09 Å². The summed E-state index contributed by atoms with van der Waals surface area (Å²) in [6.07, 6.45) is 5.60. The summed E-state index contributed by atoms with van der Waals surface area (Å²) in [5.74, 6) is 0. The van der Waals surface area contributed by atoms with Gasteiger partial charge in [0.25, 0.3) is 0 Å². The first-order valence-electron chi connectivity index (χ1n) is 5.52. The third kappa shape index (κ3) is 2.65. The molecule has 1 heterocycles. The summed E-state index contributed by atoms with van der Waals surface area (Å²) in [4.78, 5) is 0. The van der Waals surface area contributed by atoms with Crippen LogP contribution in [0.4, 0.5) is 0 Å². The molecule has 2 unspecified atom stereocenters. The molecule has 2 N–H and O–H groups in total. The van der Waals surface area contributed by atoms with E-state index >= 15 is 0 Å². The summed E-state index contributed by atoms with van der Waals surface area (Å²) in [6.45, 7) is 6.52. The van der Waals surface area contributed by atoms with Crippen LogP contribution in [0, 0.1) is 5.41 Å². The lowest BCUT2D eigenvalue weighted by Crippen LogP contribution is -2.57. The minimum atomic E-state index is 0.687. The van der Waals surface area contributed by atoms with Crippen molar-refractivity contribution in [2.75, 3.05) is 13.1 Å². The Morgan fingerprint density at radius 3 is 2.54 bits per heavy atom. The molecule has 1 aliphatic heterocycles. The van der Waals surface area contributed by atoms with Gasteiger partial charge >= 0.3 is 0 Å². The van der Waals surface area contributed by atoms with E-state index in [2.05, 4.69) is 19.8 Å². The van der Waals surface area contributed by atoms with Crippen molar-refractivity contribution < 1.29 is 0 Å². The molecule has 3 heteroatoms. The van der Waals surface area contributed by atoms with Crippen LogP contribution < -0.4 is 10.4 Å². The summed E-state index contributed by atoms with van der Waals surface area (Å²) < 4.78 is 0. The highest BCUT2D eigenvalue weighted by molar-refractivity contribution is 7.13. The highest BCUT2D eigenvalue weighted by Gasteiger charge is 2.40. The Balaban J connectivity index is 0.000000396. The fraction of sp³-hybridized carbons (Fsp3) is 1.00. The Labute approximate surface area is 84.5 Å². The van der Waals surface area contributed by atoms with Crippen molar-refractivity contribution in [1.29, 1.82) is 0 Å². The van der Waals surface area contributed by atoms with E-state index in [4.69, 9.17) is 0 Å². The first-order valence-corrected chi connectivity index (χ1v) is 6.09. The van der Waals surface area contributed by atoms with Gasteiger partial charge in [-0.1, -0.05) is 29.7 Å². The van der Waals surface area contributed by atoms with Crippen LogP contribution in [0.3, 0.4) is 0 Å². The predicted molar refractivity (Wildman–Crippen MR) is 61.8 cm³/mol. The summed E-state index contributed by atoms with van der Waals surface area (Å²) >= 11 is 0. The van der Waals surface area contributed by atoms with Crippen LogP contribution in [-0.4, -0.2) is 19.1 Å². The molecule has 1 spiro atoms. The predicted octanol–water partition coefficient (Wildman–Crippen LogP) is 1.92. The van der Waals surface area contributed by atoms with E-state index in [-0.39, 0.29) is 0 Å². The van der Waals surface area contributed by atoms with Crippen LogP contribution in [0.15, 0.2) is 0 Å². The van der Waals surface area contributed by atoms with Gasteiger partial charge in [-0.2, -0.15) is 0 Å². The Morgan fingerprint density at radius 2 is 2.08 bits per heavy atom. The Kier molecular flexibility index (Phi) is 4.64. The maximum atomic E-state index is 3.38. The zero-order chi connectivity index (χ0) is 9.73. The molecule has 13 heavy (non-hydrogen) atoms. The molecule has 0 aromatic carbocycles. The van der Waals surface area contributed by atoms with E-state index in [0.717, 1.165) is 6.04 Å². The Hall–Kier alpha value is 0.350. The monoisotopic (exact) mass is 202 g/mol. The molecular formula is C10H23N2P. The van der Waals surface area contributed by atoms with Crippen LogP contribution in [0.5, 0.6) is 0 Å². The third-order valence-corrected chi connectivity index (χ3v) is 3.65. The quantitative estimate of drug-likeness (QED) is 0.635. The molecule has 0 aromatic rings. The Bertz CT molecular complexity index is 146. The van der Waals surface area contributed by atoms with Gasteiger partial charge in [0.05, 0.1) is 0 Å². The van der Waals surface area contributed by atoms with Gasteiger partial charge in [-0.15, -0.1) is 0 Å². The van der Waals surface area contributed by atoms with E-state index in [1.54, 1.807) is 0 Å². The second kappa shape index (κ2) is 5.29. The van der Waals surface area contributed by atoms with Crippen molar-refractivity contribution >= 4 is 9.39 Å². The van der Waals surface area contributed by atoms with Gasteiger partial charge in [0.2, 0.25) is 0 Å². The molecule has 78 valence electrons. The van der Waals surface area contributed by atoms with Gasteiger partial charge in [-0.25, -0.2) is 0 Å². The zero-order valence-electron chi connectivity index (χ0n) is 8.90. The Morgan fingerprint density at radius 1 is 1.38 bits per heavy atom. The van der Waals surface area contributed by atoms with E-state index in [9.17, 15) is 0 Å².